The van der Waals surface area contributed by atoms with Crippen molar-refractivity contribution in [3.05, 3.63) is 34.4 Å². The van der Waals surface area contributed by atoms with Gasteiger partial charge in [0.15, 0.2) is 0 Å². The normalized spacial score (nSPS) is 22.7. The third kappa shape index (κ3) is 2.22. The third-order valence-corrected chi connectivity index (χ3v) is 3.59. The molecule has 1 aliphatic rings. The summed E-state index contributed by atoms with van der Waals surface area (Å²) in [5.41, 5.74) is 3.78. The van der Waals surface area contributed by atoms with Gasteiger partial charge in [-0.2, -0.15) is 5.26 Å². The summed E-state index contributed by atoms with van der Waals surface area (Å²) in [6, 6.07) is 6.09. The summed E-state index contributed by atoms with van der Waals surface area (Å²) in [7, 11) is 0. The van der Waals surface area contributed by atoms with Crippen LogP contribution in [0.15, 0.2) is 12.1 Å². The molecule has 0 aromatic heterocycles. The standard InChI is InChI=1S/C14H16N2O2/c1-8-3-9(2)12(4-10(8)6-15)13-5-11(7-16-13)14(17)18/h3-4,11,13,16H,5,7H2,1-2H3,(H,17,18). The number of carboxylic acid groups (broad SMARTS) is 1. The van der Waals surface area contributed by atoms with E-state index in [0.29, 0.717) is 18.5 Å². The molecule has 94 valence electrons. The highest BCUT2D eigenvalue weighted by Crippen LogP contribution is 2.30. The van der Waals surface area contributed by atoms with Crippen LogP contribution in [-0.4, -0.2) is 17.6 Å². The molecule has 0 bridgehead atoms. The predicted octanol–water partition coefficient (Wildman–Crippen LogP) is 1.91. The molecule has 2 unspecified atom stereocenters. The average molecular weight is 244 g/mol. The zero-order valence-corrected chi connectivity index (χ0v) is 10.5. The Balaban J connectivity index is 2.30. The van der Waals surface area contributed by atoms with Gasteiger partial charge in [0.25, 0.3) is 0 Å². The molecule has 2 rings (SSSR count). The highest BCUT2D eigenvalue weighted by atomic mass is 16.4. The number of aryl methyl sites for hydroxylation is 2. The van der Waals surface area contributed by atoms with Gasteiger partial charge in [0, 0.05) is 12.6 Å². The number of hydrogen-bond donors (Lipinski definition) is 2. The fraction of sp³-hybridized carbons (Fsp3) is 0.429. The van der Waals surface area contributed by atoms with Crippen LogP contribution in [0.1, 0.15) is 34.7 Å². The highest BCUT2D eigenvalue weighted by Gasteiger charge is 2.31. The molecule has 4 heteroatoms. The largest absolute Gasteiger partial charge is 0.481 e. The van der Waals surface area contributed by atoms with Gasteiger partial charge < -0.3 is 10.4 Å². The van der Waals surface area contributed by atoms with Crippen molar-refractivity contribution in [3.8, 4) is 6.07 Å². The van der Waals surface area contributed by atoms with Gasteiger partial charge in [0.2, 0.25) is 0 Å². The first-order valence-electron chi connectivity index (χ1n) is 6.00. The topological polar surface area (TPSA) is 73.1 Å². The van der Waals surface area contributed by atoms with E-state index in [9.17, 15) is 4.79 Å². The van der Waals surface area contributed by atoms with E-state index in [0.717, 1.165) is 16.7 Å². The van der Waals surface area contributed by atoms with E-state index in [1.165, 1.54) is 0 Å². The van der Waals surface area contributed by atoms with Crippen LogP contribution in [-0.2, 0) is 4.79 Å². The van der Waals surface area contributed by atoms with Crippen molar-refractivity contribution in [3.63, 3.8) is 0 Å². The molecule has 2 N–H and O–H groups in total. The number of benzene rings is 1. The van der Waals surface area contributed by atoms with E-state index in [4.69, 9.17) is 10.4 Å². The Morgan fingerprint density at radius 1 is 1.44 bits per heavy atom. The SMILES string of the molecule is Cc1cc(C)c(C2CC(C(=O)O)CN2)cc1C#N. The Hall–Kier alpha value is -1.86. The summed E-state index contributed by atoms with van der Waals surface area (Å²) in [4.78, 5) is 10.9. The number of rotatable bonds is 2. The molecular formula is C14H16N2O2. The molecule has 4 nitrogen and oxygen atoms in total. The van der Waals surface area contributed by atoms with Crippen molar-refractivity contribution < 1.29 is 9.90 Å². The van der Waals surface area contributed by atoms with Crippen molar-refractivity contribution in [1.29, 1.82) is 5.26 Å². The molecule has 0 spiro atoms. The molecule has 1 saturated heterocycles. The Morgan fingerprint density at radius 3 is 2.72 bits per heavy atom. The number of nitriles is 1. The van der Waals surface area contributed by atoms with Crippen molar-refractivity contribution in [2.75, 3.05) is 6.54 Å². The van der Waals surface area contributed by atoms with Crippen LogP contribution in [0.25, 0.3) is 0 Å². The van der Waals surface area contributed by atoms with Crippen LogP contribution in [0.2, 0.25) is 0 Å². The van der Waals surface area contributed by atoms with Crippen molar-refractivity contribution in [1.82, 2.24) is 5.32 Å². The average Bonchev–Trinajstić information content (AvgIpc) is 2.78. The third-order valence-electron chi connectivity index (χ3n) is 3.59. The van der Waals surface area contributed by atoms with Gasteiger partial charge in [0.05, 0.1) is 17.6 Å². The summed E-state index contributed by atoms with van der Waals surface area (Å²) in [5.74, 6) is -1.09. The molecule has 0 saturated carbocycles. The molecule has 2 atom stereocenters. The lowest BCUT2D eigenvalue weighted by atomic mass is 9.93. The van der Waals surface area contributed by atoms with Crippen LogP contribution in [0, 0.1) is 31.1 Å². The quantitative estimate of drug-likeness (QED) is 0.833. The second-order valence-corrected chi connectivity index (χ2v) is 4.87. The van der Waals surface area contributed by atoms with Gasteiger partial charge in [0.1, 0.15) is 0 Å². The number of hydrogen-bond acceptors (Lipinski definition) is 3. The van der Waals surface area contributed by atoms with E-state index >= 15 is 0 Å². The molecule has 0 amide bonds. The van der Waals surface area contributed by atoms with Crippen LogP contribution < -0.4 is 5.32 Å². The molecule has 1 fully saturated rings. The number of carbonyl (C=O) groups is 1. The van der Waals surface area contributed by atoms with Gasteiger partial charge in [-0.15, -0.1) is 0 Å². The van der Waals surface area contributed by atoms with Crippen LogP contribution in [0.3, 0.4) is 0 Å². The molecular weight excluding hydrogens is 228 g/mol. The maximum absolute atomic E-state index is 10.9. The Morgan fingerprint density at radius 2 is 2.17 bits per heavy atom. The van der Waals surface area contributed by atoms with E-state index in [-0.39, 0.29) is 12.0 Å². The summed E-state index contributed by atoms with van der Waals surface area (Å²) in [5, 5.41) is 21.3. The Bertz CT molecular complexity index is 531. The number of carboxylic acids is 1. The first-order valence-corrected chi connectivity index (χ1v) is 6.00. The van der Waals surface area contributed by atoms with E-state index in [1.54, 1.807) is 0 Å². The van der Waals surface area contributed by atoms with Crippen LogP contribution in [0.4, 0.5) is 0 Å². The van der Waals surface area contributed by atoms with Crippen molar-refractivity contribution >= 4 is 5.97 Å². The lowest BCUT2D eigenvalue weighted by Gasteiger charge is -2.15. The maximum Gasteiger partial charge on any atom is 0.307 e. The molecule has 0 aliphatic carbocycles. The van der Waals surface area contributed by atoms with E-state index in [1.807, 2.05) is 26.0 Å². The molecule has 1 aromatic rings. The predicted molar refractivity (Wildman–Crippen MR) is 67.1 cm³/mol. The van der Waals surface area contributed by atoms with E-state index in [2.05, 4.69) is 11.4 Å². The smallest absolute Gasteiger partial charge is 0.307 e. The molecule has 18 heavy (non-hydrogen) atoms. The first-order chi connectivity index (χ1) is 8.52. The zero-order chi connectivity index (χ0) is 13.3. The Labute approximate surface area is 106 Å². The minimum Gasteiger partial charge on any atom is -0.481 e. The van der Waals surface area contributed by atoms with Crippen LogP contribution in [0.5, 0.6) is 0 Å². The molecule has 1 aromatic carbocycles. The second-order valence-electron chi connectivity index (χ2n) is 4.87. The number of nitrogens with one attached hydrogen (secondary N) is 1. The highest BCUT2D eigenvalue weighted by molar-refractivity contribution is 5.71. The summed E-state index contributed by atoms with van der Waals surface area (Å²) < 4.78 is 0. The number of nitrogens with zero attached hydrogens (tertiary/aromatic N) is 1. The van der Waals surface area contributed by atoms with Crippen molar-refractivity contribution in [2.45, 2.75) is 26.3 Å². The summed E-state index contributed by atoms with van der Waals surface area (Å²) in [6.07, 6.45) is 0.587. The minimum atomic E-state index is -0.754. The van der Waals surface area contributed by atoms with Gasteiger partial charge in [-0.05, 0) is 43.0 Å². The summed E-state index contributed by atoms with van der Waals surface area (Å²) in [6.45, 7) is 4.41. The second kappa shape index (κ2) is 4.79. The first kappa shape index (κ1) is 12.6. The Kier molecular flexibility index (Phi) is 3.35. The lowest BCUT2D eigenvalue weighted by Crippen LogP contribution is -2.17. The minimum absolute atomic E-state index is 0.0406. The monoisotopic (exact) mass is 244 g/mol. The van der Waals surface area contributed by atoms with E-state index < -0.39 is 5.97 Å². The maximum atomic E-state index is 10.9. The van der Waals surface area contributed by atoms with Crippen LogP contribution >= 0.6 is 0 Å². The zero-order valence-electron chi connectivity index (χ0n) is 10.5. The fourth-order valence-electron chi connectivity index (χ4n) is 2.53. The molecule has 1 aliphatic heterocycles. The number of aliphatic carboxylic acids is 1. The lowest BCUT2D eigenvalue weighted by molar-refractivity contribution is -0.141. The van der Waals surface area contributed by atoms with Gasteiger partial charge >= 0.3 is 5.97 Å². The fourth-order valence-corrected chi connectivity index (χ4v) is 2.53. The van der Waals surface area contributed by atoms with Crippen molar-refractivity contribution in [2.24, 2.45) is 5.92 Å². The summed E-state index contributed by atoms with van der Waals surface area (Å²) >= 11 is 0. The molecule has 1 heterocycles. The molecule has 0 radical (unpaired) electrons. The van der Waals surface area contributed by atoms with Gasteiger partial charge in [-0.3, -0.25) is 4.79 Å². The van der Waals surface area contributed by atoms with Gasteiger partial charge in [-0.25, -0.2) is 0 Å². The van der Waals surface area contributed by atoms with Gasteiger partial charge in [-0.1, -0.05) is 6.07 Å².